The van der Waals surface area contributed by atoms with Crippen LogP contribution in [0.2, 0.25) is 0 Å². The third-order valence-corrected chi connectivity index (χ3v) is 7.35. The molecule has 0 heterocycles. The lowest BCUT2D eigenvalue weighted by Gasteiger charge is -2.25. The molecule has 1 aliphatic carbocycles. The molecule has 0 saturated carbocycles. The van der Waals surface area contributed by atoms with Gasteiger partial charge in [-0.25, -0.2) is 0 Å². The van der Waals surface area contributed by atoms with Gasteiger partial charge in [-0.2, -0.15) is 0 Å². The summed E-state index contributed by atoms with van der Waals surface area (Å²) >= 11 is 0. The average molecular weight is 499 g/mol. The van der Waals surface area contributed by atoms with Crippen LogP contribution in [0.4, 0.5) is 0 Å². The van der Waals surface area contributed by atoms with Gasteiger partial charge in [0.1, 0.15) is 0 Å². The summed E-state index contributed by atoms with van der Waals surface area (Å²) in [4.78, 5) is 0. The van der Waals surface area contributed by atoms with Crippen molar-refractivity contribution in [2.45, 2.75) is 67.2 Å². The molecule has 0 N–H and O–H groups in total. The third-order valence-electron chi connectivity index (χ3n) is 7.35. The zero-order valence-electron chi connectivity index (χ0n) is 24.4. The highest BCUT2D eigenvalue weighted by atomic mass is 14.4. The molecule has 6 aromatic carbocycles. The fraction of sp³-hybridized carbons (Fsp3) is 0.263. The first kappa shape index (κ1) is 27.4. The van der Waals surface area contributed by atoms with E-state index in [0.29, 0.717) is 0 Å². The molecule has 0 fully saturated rings. The van der Waals surface area contributed by atoms with Gasteiger partial charge >= 0.3 is 0 Å². The van der Waals surface area contributed by atoms with Crippen molar-refractivity contribution in [3.05, 3.63) is 108 Å². The zero-order chi connectivity index (χ0) is 27.4. The van der Waals surface area contributed by atoms with Gasteiger partial charge in [-0.3, -0.25) is 0 Å². The molecule has 0 saturated heterocycles. The van der Waals surface area contributed by atoms with E-state index in [-0.39, 0.29) is 5.41 Å². The molecular weight excluding hydrogens is 456 g/mol. The van der Waals surface area contributed by atoms with E-state index in [1.807, 2.05) is 27.7 Å². The molecule has 7 rings (SSSR count). The first-order chi connectivity index (χ1) is 18.5. The van der Waals surface area contributed by atoms with Crippen LogP contribution < -0.4 is 0 Å². The van der Waals surface area contributed by atoms with Crippen LogP contribution in [0.25, 0.3) is 54.2 Å². The van der Waals surface area contributed by atoms with Crippen LogP contribution in [0.3, 0.4) is 0 Å². The normalized spacial score (nSPS) is 12.5. The molecule has 0 aromatic heterocycles. The molecule has 0 aliphatic heterocycles. The van der Waals surface area contributed by atoms with Crippen LogP contribution in [-0.2, 0) is 5.41 Å². The van der Waals surface area contributed by atoms with Crippen LogP contribution in [0, 0.1) is 0 Å². The van der Waals surface area contributed by atoms with E-state index in [4.69, 9.17) is 0 Å². The Morgan fingerprint density at radius 2 is 0.921 bits per heavy atom. The second kappa shape index (κ2) is 11.4. The lowest BCUT2D eigenvalue weighted by Crippen LogP contribution is -2.16. The maximum absolute atomic E-state index is 2.40. The quantitative estimate of drug-likeness (QED) is 0.144. The maximum Gasteiger partial charge on any atom is 0.0171 e. The molecule has 38 heavy (non-hydrogen) atoms. The van der Waals surface area contributed by atoms with E-state index in [1.165, 1.54) is 71.8 Å². The Kier molecular flexibility index (Phi) is 8.22. The van der Waals surface area contributed by atoms with Crippen LogP contribution >= 0.6 is 0 Å². The molecule has 0 unspecified atom stereocenters. The Balaban J connectivity index is 0.000000443. The largest absolute Gasteiger partial charge is 0.0683 e. The first-order valence-corrected chi connectivity index (χ1v) is 14.5. The minimum atomic E-state index is -0.0609. The van der Waals surface area contributed by atoms with Crippen molar-refractivity contribution in [2.75, 3.05) is 0 Å². The lowest BCUT2D eigenvalue weighted by atomic mass is 9.78. The lowest BCUT2D eigenvalue weighted by molar-refractivity contribution is 0.672. The van der Waals surface area contributed by atoms with Gasteiger partial charge in [-0.1, -0.05) is 147 Å². The Morgan fingerprint density at radius 1 is 0.447 bits per heavy atom. The second-order valence-corrected chi connectivity index (χ2v) is 10.1. The molecule has 0 amide bonds. The number of rotatable bonds is 0. The van der Waals surface area contributed by atoms with Crippen molar-refractivity contribution in [2.24, 2.45) is 0 Å². The molecule has 0 bridgehead atoms. The van der Waals surface area contributed by atoms with Gasteiger partial charge < -0.3 is 0 Å². The van der Waals surface area contributed by atoms with Gasteiger partial charge in [0, 0.05) is 5.41 Å². The van der Waals surface area contributed by atoms with Crippen molar-refractivity contribution >= 4 is 43.1 Å². The van der Waals surface area contributed by atoms with Crippen LogP contribution in [-0.4, -0.2) is 0 Å². The van der Waals surface area contributed by atoms with Crippen LogP contribution in [0.15, 0.2) is 97.1 Å². The summed E-state index contributed by atoms with van der Waals surface area (Å²) in [6.45, 7) is 17.1. The van der Waals surface area contributed by atoms with E-state index >= 15 is 0 Å². The van der Waals surface area contributed by atoms with Crippen molar-refractivity contribution in [1.29, 1.82) is 0 Å². The van der Waals surface area contributed by atoms with E-state index in [9.17, 15) is 0 Å². The highest BCUT2D eigenvalue weighted by Gasteiger charge is 2.38. The summed E-state index contributed by atoms with van der Waals surface area (Å²) < 4.78 is 0. The summed E-state index contributed by atoms with van der Waals surface area (Å²) in [7, 11) is 0. The van der Waals surface area contributed by atoms with Crippen LogP contribution in [0.1, 0.15) is 72.9 Å². The second-order valence-electron chi connectivity index (χ2n) is 10.1. The Bertz CT molecular complexity index is 1690. The number of hydrogen-bond donors (Lipinski definition) is 0. The number of benzene rings is 6. The van der Waals surface area contributed by atoms with Crippen molar-refractivity contribution in [3.63, 3.8) is 0 Å². The average Bonchev–Trinajstić information content (AvgIpc) is 3.21. The third kappa shape index (κ3) is 4.37. The van der Waals surface area contributed by atoms with E-state index in [1.54, 1.807) is 0 Å². The number of fused-ring (bicyclic) bond motifs is 10. The van der Waals surface area contributed by atoms with E-state index in [0.717, 1.165) is 0 Å². The molecule has 0 nitrogen and oxygen atoms in total. The van der Waals surface area contributed by atoms with E-state index < -0.39 is 0 Å². The monoisotopic (exact) mass is 498 g/mol. The molecule has 1 aliphatic rings. The van der Waals surface area contributed by atoms with Crippen molar-refractivity contribution in [1.82, 2.24) is 0 Å². The molecule has 0 heteroatoms. The van der Waals surface area contributed by atoms with Gasteiger partial charge in [0.25, 0.3) is 0 Å². The van der Waals surface area contributed by atoms with Gasteiger partial charge in [-0.15, -0.1) is 0 Å². The maximum atomic E-state index is 2.40. The minimum absolute atomic E-state index is 0.0609. The molecule has 0 atom stereocenters. The predicted molar refractivity (Wildman–Crippen MR) is 173 cm³/mol. The highest BCUT2D eigenvalue weighted by molar-refractivity contribution is 6.13. The Labute approximate surface area is 229 Å². The van der Waals surface area contributed by atoms with Crippen LogP contribution in [0.5, 0.6) is 0 Å². The summed E-state index contributed by atoms with van der Waals surface area (Å²) in [5, 5.41) is 10.7. The molecule has 6 aromatic rings. The van der Waals surface area contributed by atoms with E-state index in [2.05, 4.69) is 125 Å². The first-order valence-electron chi connectivity index (χ1n) is 14.5. The Morgan fingerprint density at radius 3 is 1.58 bits per heavy atom. The van der Waals surface area contributed by atoms with Gasteiger partial charge in [0.2, 0.25) is 0 Å². The Hall–Kier alpha value is -3.64. The highest BCUT2D eigenvalue weighted by Crippen LogP contribution is 2.54. The van der Waals surface area contributed by atoms with Gasteiger partial charge in [-0.05, 0) is 77.5 Å². The van der Waals surface area contributed by atoms with Crippen molar-refractivity contribution in [3.8, 4) is 11.1 Å². The molecule has 0 radical (unpaired) electrons. The topological polar surface area (TPSA) is 0 Å². The summed E-state index contributed by atoms with van der Waals surface area (Å²) in [6.07, 6.45) is 1.25. The standard InChI is InChI=1S/C31H22.C3H8.2C2H6/c1-31(2)29-25-13-11-19-7-5-6-10-23(19)24(25)15-16-27(29)26-14-12-22-17-20-8-3-4-9-21(20)18-28(22)30(26)31;1-3-2;2*1-2/h3-18H,1-2H3;3H2,1-2H3;2*1-2H3. The summed E-state index contributed by atoms with van der Waals surface area (Å²) in [5.41, 5.74) is 5.64. The molecular formula is C38H42. The smallest absolute Gasteiger partial charge is 0.0171 e. The van der Waals surface area contributed by atoms with Gasteiger partial charge in [0.05, 0.1) is 0 Å². The fourth-order valence-electron chi connectivity index (χ4n) is 6.02. The predicted octanol–water partition coefficient (Wildman–Crippen LogP) is 12.1. The summed E-state index contributed by atoms with van der Waals surface area (Å²) in [6, 6.07) is 36.1. The zero-order valence-corrected chi connectivity index (χ0v) is 24.4. The fourth-order valence-corrected chi connectivity index (χ4v) is 6.02. The SMILES string of the molecule is CC.CC.CC1(C)c2c(ccc3cc4ccccc4cc23)-c2ccc3c(ccc4ccccc43)c21.CCC. The number of hydrogen-bond acceptors (Lipinski definition) is 0. The summed E-state index contributed by atoms with van der Waals surface area (Å²) in [5.74, 6) is 0. The van der Waals surface area contributed by atoms with Crippen molar-refractivity contribution < 1.29 is 0 Å². The minimum Gasteiger partial charge on any atom is -0.0683 e. The molecule has 0 spiro atoms. The molecule has 194 valence electrons. The van der Waals surface area contributed by atoms with Gasteiger partial charge in [0.15, 0.2) is 0 Å².